The van der Waals surface area contributed by atoms with Gasteiger partial charge in [-0.2, -0.15) is 4.98 Å². The van der Waals surface area contributed by atoms with Gasteiger partial charge in [0.05, 0.1) is 11.9 Å². The molecule has 7 heteroatoms. The summed E-state index contributed by atoms with van der Waals surface area (Å²) >= 11 is 2.15. The lowest BCUT2D eigenvalue weighted by Gasteiger charge is -2.09. The zero-order valence-electron chi connectivity index (χ0n) is 8.61. The Bertz CT molecular complexity index is 534. The first-order valence-electron chi connectivity index (χ1n) is 4.71. The van der Waals surface area contributed by atoms with Crippen LogP contribution in [0, 0.1) is 9.39 Å². The van der Waals surface area contributed by atoms with Gasteiger partial charge in [0.15, 0.2) is 11.6 Å². The minimum Gasteiger partial charge on any atom is -0.337 e. The molecule has 5 nitrogen and oxygen atoms in total. The van der Waals surface area contributed by atoms with E-state index in [0.29, 0.717) is 0 Å². The number of hydrogen-bond acceptors (Lipinski definition) is 5. The Hall–Kier alpha value is -1.48. The molecule has 88 valence electrons. The fraction of sp³-hybridized carbons (Fsp3) is 0. The van der Waals surface area contributed by atoms with Crippen LogP contribution in [0.25, 0.3) is 0 Å². The molecule has 0 aliphatic heterocycles. The standard InChI is InChI=1S/C10H9FIN5/c11-6-5-14-10(17-13)16-9(6)15-8-4-2-1-3-7(8)12/h1-5H,13H2,(H2,14,15,16,17). The van der Waals surface area contributed by atoms with Gasteiger partial charge in [-0.05, 0) is 34.7 Å². The van der Waals surface area contributed by atoms with Gasteiger partial charge in [0.1, 0.15) is 0 Å². The second-order valence-corrected chi connectivity index (χ2v) is 4.30. The molecule has 0 aliphatic rings. The van der Waals surface area contributed by atoms with Crippen molar-refractivity contribution in [2.45, 2.75) is 0 Å². The van der Waals surface area contributed by atoms with Crippen molar-refractivity contribution in [3.8, 4) is 0 Å². The number of nitrogens with zero attached hydrogens (tertiary/aromatic N) is 2. The van der Waals surface area contributed by atoms with Crippen LogP contribution in [0.15, 0.2) is 30.5 Å². The Labute approximate surface area is 111 Å². The largest absolute Gasteiger partial charge is 0.337 e. The topological polar surface area (TPSA) is 75.9 Å². The third kappa shape index (κ3) is 2.80. The van der Waals surface area contributed by atoms with Gasteiger partial charge in [-0.15, -0.1) is 0 Å². The van der Waals surface area contributed by atoms with Gasteiger partial charge in [-0.1, -0.05) is 12.1 Å². The molecule has 0 amide bonds. The maximum atomic E-state index is 13.5. The van der Waals surface area contributed by atoms with Gasteiger partial charge in [-0.3, -0.25) is 5.43 Å². The second-order valence-electron chi connectivity index (χ2n) is 3.14. The van der Waals surface area contributed by atoms with Gasteiger partial charge < -0.3 is 5.32 Å². The highest BCUT2D eigenvalue weighted by Gasteiger charge is 2.07. The fourth-order valence-electron chi connectivity index (χ4n) is 1.21. The molecule has 1 aromatic carbocycles. The van der Waals surface area contributed by atoms with Crippen molar-refractivity contribution in [2.75, 3.05) is 10.7 Å². The van der Waals surface area contributed by atoms with Crippen LogP contribution in [-0.4, -0.2) is 9.97 Å². The summed E-state index contributed by atoms with van der Waals surface area (Å²) in [6.07, 6.45) is 1.06. The van der Waals surface area contributed by atoms with Gasteiger partial charge in [0.25, 0.3) is 0 Å². The highest BCUT2D eigenvalue weighted by molar-refractivity contribution is 14.1. The first kappa shape index (κ1) is 12.0. The van der Waals surface area contributed by atoms with E-state index in [0.717, 1.165) is 15.5 Å². The van der Waals surface area contributed by atoms with Crippen molar-refractivity contribution in [3.63, 3.8) is 0 Å². The lowest BCUT2D eigenvalue weighted by atomic mass is 10.3. The van der Waals surface area contributed by atoms with Crippen molar-refractivity contribution in [1.29, 1.82) is 0 Å². The molecule has 2 aromatic rings. The molecular formula is C10H9FIN5. The van der Waals surface area contributed by atoms with E-state index in [-0.39, 0.29) is 11.8 Å². The molecule has 0 spiro atoms. The lowest BCUT2D eigenvalue weighted by Crippen LogP contribution is -2.12. The van der Waals surface area contributed by atoms with E-state index in [2.05, 4.69) is 43.3 Å². The quantitative estimate of drug-likeness (QED) is 0.452. The van der Waals surface area contributed by atoms with Crippen LogP contribution in [-0.2, 0) is 0 Å². The number of aromatic nitrogens is 2. The Morgan fingerprint density at radius 2 is 2.06 bits per heavy atom. The number of para-hydroxylation sites is 1. The summed E-state index contributed by atoms with van der Waals surface area (Å²) in [6.45, 7) is 0. The normalized spacial score (nSPS) is 10.1. The minimum atomic E-state index is -0.538. The third-order valence-electron chi connectivity index (χ3n) is 2.00. The number of anilines is 3. The molecule has 0 bridgehead atoms. The van der Waals surface area contributed by atoms with E-state index in [1.54, 1.807) is 0 Å². The number of nitrogens with one attached hydrogen (secondary N) is 2. The van der Waals surface area contributed by atoms with Crippen molar-refractivity contribution in [3.05, 3.63) is 39.8 Å². The molecule has 0 unspecified atom stereocenters. The molecule has 0 atom stereocenters. The zero-order chi connectivity index (χ0) is 12.3. The Morgan fingerprint density at radius 1 is 1.29 bits per heavy atom. The molecule has 1 heterocycles. The van der Waals surface area contributed by atoms with Crippen LogP contribution in [0.3, 0.4) is 0 Å². The minimum absolute atomic E-state index is 0.0806. The lowest BCUT2D eigenvalue weighted by molar-refractivity contribution is 0.619. The summed E-state index contributed by atoms with van der Waals surface area (Å²) in [5.41, 5.74) is 3.04. The van der Waals surface area contributed by atoms with Gasteiger partial charge in [0, 0.05) is 3.57 Å². The number of hydrogen-bond donors (Lipinski definition) is 3. The summed E-state index contributed by atoms with van der Waals surface area (Å²) in [5, 5.41) is 2.89. The number of benzene rings is 1. The zero-order valence-corrected chi connectivity index (χ0v) is 10.8. The summed E-state index contributed by atoms with van der Waals surface area (Å²) in [5.74, 6) is 4.86. The molecule has 0 saturated heterocycles. The first-order chi connectivity index (χ1) is 8.20. The van der Waals surface area contributed by atoms with Crippen LogP contribution in [0.1, 0.15) is 0 Å². The van der Waals surface area contributed by atoms with E-state index < -0.39 is 5.82 Å². The Balaban J connectivity index is 2.32. The molecule has 2 rings (SSSR count). The average Bonchev–Trinajstić information content (AvgIpc) is 2.35. The molecule has 1 aromatic heterocycles. The second kappa shape index (κ2) is 5.23. The van der Waals surface area contributed by atoms with E-state index in [4.69, 9.17) is 5.84 Å². The Morgan fingerprint density at radius 3 is 2.76 bits per heavy atom. The highest BCUT2D eigenvalue weighted by Crippen LogP contribution is 2.22. The molecule has 0 aliphatic carbocycles. The monoisotopic (exact) mass is 345 g/mol. The molecule has 17 heavy (non-hydrogen) atoms. The van der Waals surface area contributed by atoms with E-state index >= 15 is 0 Å². The van der Waals surface area contributed by atoms with Crippen LogP contribution in [0.5, 0.6) is 0 Å². The van der Waals surface area contributed by atoms with Crippen molar-refractivity contribution >= 4 is 40.0 Å². The average molecular weight is 345 g/mol. The van der Waals surface area contributed by atoms with Crippen LogP contribution in [0.2, 0.25) is 0 Å². The van der Waals surface area contributed by atoms with Gasteiger partial charge in [0.2, 0.25) is 5.95 Å². The predicted molar refractivity (Wildman–Crippen MR) is 72.2 cm³/mol. The number of nitrogens with two attached hydrogens (primary N) is 1. The molecule has 4 N–H and O–H groups in total. The summed E-state index contributed by atoms with van der Waals surface area (Å²) in [6, 6.07) is 7.49. The van der Waals surface area contributed by atoms with Crippen molar-refractivity contribution in [1.82, 2.24) is 9.97 Å². The summed E-state index contributed by atoms with van der Waals surface area (Å²) < 4.78 is 14.4. The molecule has 0 fully saturated rings. The maximum Gasteiger partial charge on any atom is 0.239 e. The number of nitrogen functional groups attached to an aromatic ring is 1. The Kier molecular flexibility index (Phi) is 3.69. The van der Waals surface area contributed by atoms with Crippen LogP contribution < -0.4 is 16.6 Å². The van der Waals surface area contributed by atoms with Gasteiger partial charge in [-0.25, -0.2) is 15.2 Å². The molecule has 0 saturated carbocycles. The maximum absolute atomic E-state index is 13.5. The van der Waals surface area contributed by atoms with E-state index in [1.807, 2.05) is 24.3 Å². The fourth-order valence-corrected chi connectivity index (χ4v) is 1.74. The van der Waals surface area contributed by atoms with Gasteiger partial charge >= 0.3 is 0 Å². The number of rotatable bonds is 3. The van der Waals surface area contributed by atoms with E-state index in [1.165, 1.54) is 0 Å². The predicted octanol–water partition coefficient (Wildman–Crippen LogP) is 2.25. The van der Waals surface area contributed by atoms with Crippen LogP contribution >= 0.6 is 22.6 Å². The first-order valence-corrected chi connectivity index (χ1v) is 5.79. The van der Waals surface area contributed by atoms with Crippen molar-refractivity contribution in [2.24, 2.45) is 5.84 Å². The summed E-state index contributed by atoms with van der Waals surface area (Å²) in [7, 11) is 0. The third-order valence-corrected chi connectivity index (χ3v) is 2.94. The van der Waals surface area contributed by atoms with Crippen molar-refractivity contribution < 1.29 is 4.39 Å². The molecule has 0 radical (unpaired) electrons. The van der Waals surface area contributed by atoms with E-state index in [9.17, 15) is 4.39 Å². The number of halogens is 2. The summed E-state index contributed by atoms with van der Waals surface area (Å²) in [4.78, 5) is 7.55. The number of hydrazine groups is 1. The highest BCUT2D eigenvalue weighted by atomic mass is 127. The van der Waals surface area contributed by atoms with Crippen LogP contribution in [0.4, 0.5) is 21.8 Å². The molecular weight excluding hydrogens is 336 g/mol. The smallest absolute Gasteiger partial charge is 0.239 e. The SMILES string of the molecule is NNc1ncc(F)c(Nc2ccccc2I)n1.